The van der Waals surface area contributed by atoms with Crippen molar-refractivity contribution < 1.29 is 0 Å². The standard InChI is InChI=1S/C13H19N3/c1-9-12(13(14-2)16(3)4)10-7-5-6-8-11(10)15-9/h5-8,13-15H,1-4H3. The van der Waals surface area contributed by atoms with Crippen molar-refractivity contribution in [1.82, 2.24) is 15.2 Å². The van der Waals surface area contributed by atoms with Gasteiger partial charge in [-0.25, -0.2) is 0 Å². The first-order valence-electron chi connectivity index (χ1n) is 5.56. The number of fused-ring (bicyclic) bond motifs is 1. The molecule has 86 valence electrons. The zero-order chi connectivity index (χ0) is 11.7. The molecule has 0 fully saturated rings. The topological polar surface area (TPSA) is 31.1 Å². The van der Waals surface area contributed by atoms with Crippen LogP contribution in [0.4, 0.5) is 0 Å². The van der Waals surface area contributed by atoms with Crippen molar-refractivity contribution in [3.63, 3.8) is 0 Å². The van der Waals surface area contributed by atoms with Crippen LogP contribution in [0.25, 0.3) is 10.9 Å². The number of H-pyrrole nitrogens is 1. The maximum atomic E-state index is 3.43. The molecule has 0 bridgehead atoms. The molecule has 0 aliphatic carbocycles. The summed E-state index contributed by atoms with van der Waals surface area (Å²) in [5.74, 6) is 0. The number of para-hydroxylation sites is 1. The molecule has 0 radical (unpaired) electrons. The van der Waals surface area contributed by atoms with Gasteiger partial charge >= 0.3 is 0 Å². The van der Waals surface area contributed by atoms with E-state index in [4.69, 9.17) is 0 Å². The van der Waals surface area contributed by atoms with Crippen LogP contribution >= 0.6 is 0 Å². The normalized spacial score (nSPS) is 13.6. The Bertz CT molecular complexity index is 485. The quantitative estimate of drug-likeness (QED) is 0.773. The third-order valence-electron chi connectivity index (χ3n) is 3.01. The molecule has 0 spiro atoms. The highest BCUT2D eigenvalue weighted by Gasteiger charge is 2.18. The minimum atomic E-state index is 0.246. The van der Waals surface area contributed by atoms with Crippen LogP contribution in [0, 0.1) is 6.92 Å². The summed E-state index contributed by atoms with van der Waals surface area (Å²) < 4.78 is 0. The summed E-state index contributed by atoms with van der Waals surface area (Å²) in [6.07, 6.45) is 0.246. The van der Waals surface area contributed by atoms with Crippen molar-refractivity contribution in [2.75, 3.05) is 21.1 Å². The van der Waals surface area contributed by atoms with Crippen molar-refractivity contribution in [3.8, 4) is 0 Å². The summed E-state index contributed by atoms with van der Waals surface area (Å²) in [7, 11) is 6.16. The highest BCUT2D eigenvalue weighted by atomic mass is 15.2. The van der Waals surface area contributed by atoms with Crippen LogP contribution in [-0.2, 0) is 0 Å². The number of rotatable bonds is 3. The molecule has 0 saturated carbocycles. The van der Waals surface area contributed by atoms with Gasteiger partial charge in [0.2, 0.25) is 0 Å². The van der Waals surface area contributed by atoms with E-state index in [2.05, 4.69) is 60.5 Å². The third kappa shape index (κ3) is 1.72. The van der Waals surface area contributed by atoms with Crippen LogP contribution in [0.15, 0.2) is 24.3 Å². The SMILES string of the molecule is CNC(c1c(C)[nH]c2ccccc12)N(C)C. The van der Waals surface area contributed by atoms with Crippen molar-refractivity contribution in [1.29, 1.82) is 0 Å². The fourth-order valence-corrected chi connectivity index (χ4v) is 2.31. The first-order chi connectivity index (χ1) is 7.65. The second-order valence-electron chi connectivity index (χ2n) is 4.36. The Labute approximate surface area is 96.5 Å². The monoisotopic (exact) mass is 217 g/mol. The van der Waals surface area contributed by atoms with E-state index in [1.165, 1.54) is 22.2 Å². The van der Waals surface area contributed by atoms with Gasteiger partial charge in [0, 0.05) is 22.2 Å². The Morgan fingerprint density at radius 1 is 1.25 bits per heavy atom. The van der Waals surface area contributed by atoms with Gasteiger partial charge in [0.15, 0.2) is 0 Å². The summed E-state index contributed by atoms with van der Waals surface area (Å²) in [6.45, 7) is 2.13. The smallest absolute Gasteiger partial charge is 0.0876 e. The van der Waals surface area contributed by atoms with Gasteiger partial charge in [-0.3, -0.25) is 4.90 Å². The van der Waals surface area contributed by atoms with Gasteiger partial charge in [0.1, 0.15) is 0 Å². The van der Waals surface area contributed by atoms with Crippen LogP contribution in [0.3, 0.4) is 0 Å². The maximum absolute atomic E-state index is 3.43. The number of hydrogen-bond donors (Lipinski definition) is 2. The van der Waals surface area contributed by atoms with Crippen LogP contribution < -0.4 is 5.32 Å². The average molecular weight is 217 g/mol. The molecule has 1 unspecified atom stereocenters. The van der Waals surface area contributed by atoms with Crippen molar-refractivity contribution >= 4 is 10.9 Å². The number of hydrogen-bond acceptors (Lipinski definition) is 2. The van der Waals surface area contributed by atoms with Crippen LogP contribution in [0.5, 0.6) is 0 Å². The fourth-order valence-electron chi connectivity index (χ4n) is 2.31. The molecule has 3 nitrogen and oxygen atoms in total. The van der Waals surface area contributed by atoms with Crippen LogP contribution in [0.1, 0.15) is 17.4 Å². The molecule has 1 aromatic heterocycles. The molecule has 1 atom stereocenters. The molecule has 1 heterocycles. The van der Waals surface area contributed by atoms with Crippen molar-refractivity contribution in [2.45, 2.75) is 13.1 Å². The van der Waals surface area contributed by atoms with Crippen LogP contribution in [-0.4, -0.2) is 31.0 Å². The molecule has 2 rings (SSSR count). The van der Waals surface area contributed by atoms with Gasteiger partial charge in [-0.1, -0.05) is 18.2 Å². The third-order valence-corrected chi connectivity index (χ3v) is 3.01. The van der Waals surface area contributed by atoms with Gasteiger partial charge in [-0.05, 0) is 34.1 Å². The molecule has 16 heavy (non-hydrogen) atoms. The highest BCUT2D eigenvalue weighted by molar-refractivity contribution is 5.85. The zero-order valence-corrected chi connectivity index (χ0v) is 10.3. The lowest BCUT2D eigenvalue weighted by Gasteiger charge is -2.24. The van der Waals surface area contributed by atoms with E-state index in [-0.39, 0.29) is 6.17 Å². The Balaban J connectivity index is 2.62. The van der Waals surface area contributed by atoms with E-state index in [0.717, 1.165) is 0 Å². The lowest BCUT2D eigenvalue weighted by molar-refractivity contribution is 0.265. The molecule has 0 aliphatic rings. The first-order valence-corrected chi connectivity index (χ1v) is 5.56. The number of aromatic amines is 1. The number of aromatic nitrogens is 1. The number of nitrogens with zero attached hydrogens (tertiary/aromatic N) is 1. The van der Waals surface area contributed by atoms with E-state index in [9.17, 15) is 0 Å². The summed E-state index contributed by atoms with van der Waals surface area (Å²) in [5.41, 5.74) is 3.77. The maximum Gasteiger partial charge on any atom is 0.0876 e. The Hall–Kier alpha value is -1.32. The summed E-state index contributed by atoms with van der Waals surface area (Å²) in [4.78, 5) is 5.61. The molecule has 0 aliphatic heterocycles. The summed E-state index contributed by atoms with van der Waals surface area (Å²) in [5, 5.41) is 4.64. The van der Waals surface area contributed by atoms with E-state index in [1.54, 1.807) is 0 Å². The first kappa shape index (κ1) is 11.2. The van der Waals surface area contributed by atoms with E-state index >= 15 is 0 Å². The zero-order valence-electron chi connectivity index (χ0n) is 10.3. The average Bonchev–Trinajstić information content (AvgIpc) is 2.57. The van der Waals surface area contributed by atoms with Crippen LogP contribution in [0.2, 0.25) is 0 Å². The second-order valence-corrected chi connectivity index (χ2v) is 4.36. The number of nitrogens with one attached hydrogen (secondary N) is 2. The number of aryl methyl sites for hydroxylation is 1. The predicted molar refractivity (Wildman–Crippen MR) is 68.5 cm³/mol. The predicted octanol–water partition coefficient (Wildman–Crippen LogP) is 2.26. The minimum Gasteiger partial charge on any atom is -0.358 e. The van der Waals surface area contributed by atoms with Gasteiger partial charge in [-0.2, -0.15) is 0 Å². The van der Waals surface area contributed by atoms with Gasteiger partial charge in [0.05, 0.1) is 6.17 Å². The van der Waals surface area contributed by atoms with Crippen molar-refractivity contribution in [3.05, 3.63) is 35.5 Å². The second kappa shape index (κ2) is 4.28. The molecule has 1 aromatic carbocycles. The summed E-state index contributed by atoms with van der Waals surface area (Å²) >= 11 is 0. The van der Waals surface area contributed by atoms with Gasteiger partial charge in [-0.15, -0.1) is 0 Å². The van der Waals surface area contributed by atoms with Gasteiger partial charge < -0.3 is 10.3 Å². The minimum absolute atomic E-state index is 0.246. The molecule has 2 aromatic rings. The van der Waals surface area contributed by atoms with Crippen molar-refractivity contribution in [2.24, 2.45) is 0 Å². The molecule has 0 amide bonds. The lowest BCUT2D eigenvalue weighted by Crippen LogP contribution is -2.31. The fraction of sp³-hybridized carbons (Fsp3) is 0.385. The van der Waals surface area contributed by atoms with Gasteiger partial charge in [0.25, 0.3) is 0 Å². The molecule has 0 saturated heterocycles. The number of benzene rings is 1. The molecular formula is C13H19N3. The van der Waals surface area contributed by atoms with E-state index < -0.39 is 0 Å². The molecule has 2 N–H and O–H groups in total. The molecular weight excluding hydrogens is 198 g/mol. The highest BCUT2D eigenvalue weighted by Crippen LogP contribution is 2.28. The molecule has 3 heteroatoms. The largest absolute Gasteiger partial charge is 0.358 e. The Morgan fingerprint density at radius 2 is 1.94 bits per heavy atom. The van der Waals surface area contributed by atoms with E-state index in [1.807, 2.05) is 7.05 Å². The van der Waals surface area contributed by atoms with E-state index in [0.29, 0.717) is 0 Å². The Morgan fingerprint density at radius 3 is 2.56 bits per heavy atom. The Kier molecular flexibility index (Phi) is 2.99. The lowest BCUT2D eigenvalue weighted by atomic mass is 10.1. The summed E-state index contributed by atoms with van der Waals surface area (Å²) in [6, 6.07) is 8.43.